The Morgan fingerprint density at radius 3 is 2.12 bits per heavy atom. The molecular weight excluding hydrogens is 422 g/mol. The highest BCUT2D eigenvalue weighted by Crippen LogP contribution is 2.35. The summed E-state index contributed by atoms with van der Waals surface area (Å²) in [4.78, 5) is 27.0. The third kappa shape index (κ3) is 3.28. The zero-order valence-corrected chi connectivity index (χ0v) is 18.0. The number of carbonyl (C=O) groups excluding carboxylic acids is 2. The minimum Gasteiger partial charge on any atom is -0.456 e. The van der Waals surface area contributed by atoms with E-state index in [1.54, 1.807) is 36.4 Å². The summed E-state index contributed by atoms with van der Waals surface area (Å²) in [5.41, 5.74) is 6.83. The van der Waals surface area contributed by atoms with Crippen LogP contribution in [-0.2, 0) is 0 Å². The van der Waals surface area contributed by atoms with Gasteiger partial charge in [-0.05, 0) is 70.8 Å². The lowest BCUT2D eigenvalue weighted by molar-refractivity contribution is 0.0926. The van der Waals surface area contributed by atoms with E-state index in [1.807, 2.05) is 36.4 Å². The van der Waals surface area contributed by atoms with Crippen molar-refractivity contribution in [1.29, 1.82) is 0 Å². The number of hydrogen-bond donors (Lipinski definition) is 0. The Morgan fingerprint density at radius 1 is 0.706 bits per heavy atom. The molecule has 34 heavy (non-hydrogen) atoms. The number of anilines is 1. The minimum atomic E-state index is -0.362. The number of terminal acetylenes is 1. The summed E-state index contributed by atoms with van der Waals surface area (Å²) in [6.07, 6.45) is 9.44. The number of para-hydroxylation sites is 1. The van der Waals surface area contributed by atoms with Crippen LogP contribution in [0, 0.1) is 12.3 Å². The van der Waals surface area contributed by atoms with Crippen molar-refractivity contribution in [2.45, 2.75) is 0 Å². The number of carbonyl (C=O) groups is 2. The van der Waals surface area contributed by atoms with Crippen molar-refractivity contribution < 1.29 is 14.3 Å². The van der Waals surface area contributed by atoms with E-state index in [2.05, 4.69) is 30.2 Å². The molecule has 0 spiro atoms. The highest BCUT2D eigenvalue weighted by molar-refractivity contribution is 6.34. The molecule has 1 aliphatic heterocycles. The van der Waals surface area contributed by atoms with E-state index in [4.69, 9.17) is 11.2 Å². The summed E-state index contributed by atoms with van der Waals surface area (Å²) >= 11 is 0. The summed E-state index contributed by atoms with van der Waals surface area (Å²) in [5.74, 6) is 2.84. The van der Waals surface area contributed by atoms with Gasteiger partial charge < -0.3 is 4.74 Å². The van der Waals surface area contributed by atoms with Gasteiger partial charge in [-0.15, -0.1) is 6.42 Å². The lowest BCUT2D eigenvalue weighted by atomic mass is 9.97. The molecule has 4 heteroatoms. The molecular formula is C30H17NO3. The molecule has 4 aliphatic rings. The maximum atomic E-state index is 12.9. The standard InChI is InChI=1S/C24H13NO3.C6H4/c1-2-15-5-3-4-6-22(15)28-19-11-12-20-21(14-19)24(27)25(23(20)26)18-10-9-16-7-8-17(16)13-18;1-2-5-4-6(5)3-1/h1,3-14H;1-4H. The smallest absolute Gasteiger partial charge is 0.266 e. The molecule has 0 atom stereocenters. The summed E-state index contributed by atoms with van der Waals surface area (Å²) < 4.78 is 5.86. The number of fused-ring (bicyclic) bond motifs is 3. The molecule has 3 aromatic carbocycles. The van der Waals surface area contributed by atoms with Gasteiger partial charge in [0.1, 0.15) is 11.5 Å². The largest absolute Gasteiger partial charge is 0.456 e. The molecule has 160 valence electrons. The average Bonchev–Trinajstić information content (AvgIpc) is 3.36. The third-order valence-electron chi connectivity index (χ3n) is 6.01. The van der Waals surface area contributed by atoms with Gasteiger partial charge in [0, 0.05) is 0 Å². The lowest BCUT2D eigenvalue weighted by Crippen LogP contribution is -2.29. The Morgan fingerprint density at radius 2 is 1.47 bits per heavy atom. The van der Waals surface area contributed by atoms with Gasteiger partial charge in [0.15, 0.2) is 0 Å². The van der Waals surface area contributed by atoms with E-state index in [0.29, 0.717) is 33.9 Å². The predicted octanol–water partition coefficient (Wildman–Crippen LogP) is 6.41. The van der Waals surface area contributed by atoms with Crippen molar-refractivity contribution >= 4 is 29.7 Å². The molecule has 4 nitrogen and oxygen atoms in total. The highest BCUT2D eigenvalue weighted by atomic mass is 16.5. The zero-order valence-electron chi connectivity index (χ0n) is 18.0. The van der Waals surface area contributed by atoms with E-state index in [-0.39, 0.29) is 11.8 Å². The summed E-state index contributed by atoms with van der Waals surface area (Å²) in [6, 6.07) is 26.1. The molecule has 0 bridgehead atoms. The molecule has 2 amide bonds. The van der Waals surface area contributed by atoms with Gasteiger partial charge in [0.2, 0.25) is 0 Å². The highest BCUT2D eigenvalue weighted by Gasteiger charge is 2.37. The van der Waals surface area contributed by atoms with Crippen molar-refractivity contribution in [3.63, 3.8) is 0 Å². The first-order valence-electron chi connectivity index (χ1n) is 10.8. The SMILES string of the molecule is C#Cc1ccccc1Oc1ccc2c(c1)C(=O)N(c1ccc3c(c1)C=C3)C2=O.c1cc2cc-2c1. The van der Waals surface area contributed by atoms with Gasteiger partial charge in [-0.25, -0.2) is 4.90 Å². The molecule has 0 unspecified atom stereocenters. The minimum absolute atomic E-state index is 0.318. The quantitative estimate of drug-likeness (QED) is 0.236. The number of amides is 2. The fourth-order valence-corrected chi connectivity index (χ4v) is 4.08. The number of benzene rings is 4. The maximum absolute atomic E-state index is 12.9. The van der Waals surface area contributed by atoms with Gasteiger partial charge in [-0.1, -0.05) is 54.5 Å². The van der Waals surface area contributed by atoms with Crippen molar-refractivity contribution in [1.82, 2.24) is 0 Å². The van der Waals surface area contributed by atoms with Gasteiger partial charge in [-0.3, -0.25) is 9.59 Å². The van der Waals surface area contributed by atoms with E-state index >= 15 is 0 Å². The molecule has 3 aromatic rings. The maximum Gasteiger partial charge on any atom is 0.266 e. The molecule has 0 radical (unpaired) electrons. The van der Waals surface area contributed by atoms with E-state index in [9.17, 15) is 9.59 Å². The van der Waals surface area contributed by atoms with Gasteiger partial charge in [0.05, 0.1) is 22.4 Å². The summed E-state index contributed by atoms with van der Waals surface area (Å²) in [7, 11) is 0. The molecule has 7 rings (SSSR count). The molecule has 0 N–H and O–H groups in total. The summed E-state index contributed by atoms with van der Waals surface area (Å²) in [5, 5.41) is 0. The number of rotatable bonds is 3. The molecule has 0 saturated heterocycles. The number of nitrogens with zero attached hydrogens (tertiary/aromatic N) is 1. The van der Waals surface area contributed by atoms with Crippen LogP contribution >= 0.6 is 0 Å². The first-order valence-corrected chi connectivity index (χ1v) is 10.8. The van der Waals surface area contributed by atoms with Crippen LogP contribution in [0.25, 0.3) is 23.3 Å². The van der Waals surface area contributed by atoms with Gasteiger partial charge in [-0.2, -0.15) is 0 Å². The van der Waals surface area contributed by atoms with Crippen molar-refractivity contribution in [2.75, 3.05) is 4.90 Å². The first-order chi connectivity index (χ1) is 16.6. The topological polar surface area (TPSA) is 46.6 Å². The second kappa shape index (κ2) is 7.61. The van der Waals surface area contributed by atoms with Crippen LogP contribution in [0.3, 0.4) is 0 Å². The number of ether oxygens (including phenoxy) is 1. The lowest BCUT2D eigenvalue weighted by Gasteiger charge is -2.17. The Kier molecular flexibility index (Phi) is 4.43. The molecule has 3 aliphatic carbocycles. The third-order valence-corrected chi connectivity index (χ3v) is 6.01. The molecule has 0 saturated carbocycles. The average molecular weight is 439 g/mol. The zero-order chi connectivity index (χ0) is 23.2. The van der Waals surface area contributed by atoms with Crippen LogP contribution in [0.5, 0.6) is 11.5 Å². The molecule has 0 aromatic heterocycles. The Hall–Kier alpha value is -4.88. The monoisotopic (exact) mass is 439 g/mol. The van der Waals surface area contributed by atoms with Crippen LogP contribution in [0.2, 0.25) is 0 Å². The normalized spacial score (nSPS) is 13.2. The van der Waals surface area contributed by atoms with E-state index in [1.165, 1.54) is 16.0 Å². The van der Waals surface area contributed by atoms with Crippen molar-refractivity contribution in [3.8, 4) is 35.0 Å². The Balaban J connectivity index is 0.000000311. The molecule has 0 fully saturated rings. The molecule has 1 heterocycles. The fourth-order valence-electron chi connectivity index (χ4n) is 4.08. The second-order valence-corrected chi connectivity index (χ2v) is 8.12. The van der Waals surface area contributed by atoms with Crippen molar-refractivity contribution in [2.24, 2.45) is 0 Å². The van der Waals surface area contributed by atoms with Crippen LogP contribution in [0.15, 0.2) is 84.9 Å². The van der Waals surface area contributed by atoms with Gasteiger partial charge >= 0.3 is 0 Å². The van der Waals surface area contributed by atoms with Crippen LogP contribution in [0.1, 0.15) is 37.4 Å². The number of hydrogen-bond acceptors (Lipinski definition) is 3. The van der Waals surface area contributed by atoms with Gasteiger partial charge in [0.25, 0.3) is 11.8 Å². The van der Waals surface area contributed by atoms with Crippen molar-refractivity contribution in [3.05, 3.63) is 113 Å². The van der Waals surface area contributed by atoms with Crippen LogP contribution in [0.4, 0.5) is 5.69 Å². The predicted molar refractivity (Wildman–Crippen MR) is 133 cm³/mol. The second-order valence-electron chi connectivity index (χ2n) is 8.12. The first kappa shape index (κ1) is 19.8. The van der Waals surface area contributed by atoms with E-state index < -0.39 is 0 Å². The van der Waals surface area contributed by atoms with Crippen LogP contribution in [-0.4, -0.2) is 11.8 Å². The Bertz CT molecular complexity index is 1570. The van der Waals surface area contributed by atoms with E-state index in [0.717, 1.165) is 11.1 Å². The fraction of sp³-hybridized carbons (Fsp3) is 0. The summed E-state index contributed by atoms with van der Waals surface area (Å²) in [6.45, 7) is 0. The Labute approximate surface area is 196 Å². The number of imide groups is 1. The van der Waals surface area contributed by atoms with Crippen LogP contribution < -0.4 is 9.64 Å².